The number of rotatable bonds is 9. The summed E-state index contributed by atoms with van der Waals surface area (Å²) in [5.41, 5.74) is 1.14. The van der Waals surface area contributed by atoms with Gasteiger partial charge in [-0.1, -0.05) is 74.3 Å². The summed E-state index contributed by atoms with van der Waals surface area (Å²) >= 11 is 12.7. The molecule has 218 valence electrons. The lowest BCUT2D eigenvalue weighted by molar-refractivity contribution is -0.161. The topological polar surface area (TPSA) is 72.9 Å². The Balaban J connectivity index is 1.87. The van der Waals surface area contributed by atoms with Gasteiger partial charge in [-0.3, -0.25) is 4.79 Å². The highest BCUT2D eigenvalue weighted by molar-refractivity contribution is 7.94. The lowest BCUT2D eigenvalue weighted by Gasteiger charge is -2.52. The first-order valence-corrected chi connectivity index (χ1v) is 16.3. The summed E-state index contributed by atoms with van der Waals surface area (Å²) < 4.78 is 36.9. The van der Waals surface area contributed by atoms with Gasteiger partial charge < -0.3 is 14.4 Å². The van der Waals surface area contributed by atoms with E-state index in [4.69, 9.17) is 32.7 Å². The average molecular weight is 609 g/mol. The molecule has 0 N–H and O–H groups in total. The SMILES string of the molecule is CCC(C=CS(=O)(=O)CC)N1C(=O)C(C)(CC2COC(C)(C)O2)CC(c2cccc(Cl)c2)C1c1ccc(Cl)cc1. The molecule has 2 aromatic rings. The molecule has 2 fully saturated rings. The standard InChI is InChI=1S/C31H39Cl2NO5S/c1-6-25(15-16-40(36,37)7-2)34-28(21-11-13-23(32)14-12-21)27(22-9-8-10-24(33)17-22)19-31(5,29(34)35)18-26-20-38-30(3,4)39-26/h8-17,25-28H,6-7,18-20H2,1-5H3. The van der Waals surface area contributed by atoms with Crippen LogP contribution in [0, 0.1) is 5.41 Å². The minimum Gasteiger partial charge on any atom is -0.348 e. The summed E-state index contributed by atoms with van der Waals surface area (Å²) in [6, 6.07) is 14.5. The molecule has 5 atom stereocenters. The predicted molar refractivity (Wildman–Crippen MR) is 160 cm³/mol. The van der Waals surface area contributed by atoms with Gasteiger partial charge in [-0.05, 0) is 68.5 Å². The Morgan fingerprint density at radius 3 is 2.33 bits per heavy atom. The van der Waals surface area contributed by atoms with E-state index < -0.39 is 27.1 Å². The number of benzene rings is 2. The fraction of sp³-hybridized carbons (Fsp3) is 0.516. The second-order valence-corrected chi connectivity index (χ2v) is 14.6. The van der Waals surface area contributed by atoms with Crippen LogP contribution in [0.5, 0.6) is 0 Å². The summed E-state index contributed by atoms with van der Waals surface area (Å²) in [5, 5.41) is 2.47. The van der Waals surface area contributed by atoms with Crippen LogP contribution in [0.25, 0.3) is 0 Å². The number of likely N-dealkylation sites (tertiary alicyclic amines) is 1. The normalized spacial score (nSPS) is 27.8. The van der Waals surface area contributed by atoms with Crippen molar-refractivity contribution < 1.29 is 22.7 Å². The number of nitrogens with zero attached hydrogens (tertiary/aromatic N) is 1. The Morgan fingerprint density at radius 2 is 1.75 bits per heavy atom. The highest BCUT2D eigenvalue weighted by atomic mass is 35.5. The minimum atomic E-state index is -3.39. The van der Waals surface area contributed by atoms with Gasteiger partial charge in [0.2, 0.25) is 5.91 Å². The van der Waals surface area contributed by atoms with E-state index >= 15 is 0 Å². The number of hydrogen-bond acceptors (Lipinski definition) is 5. The van der Waals surface area contributed by atoms with E-state index in [0.717, 1.165) is 11.1 Å². The molecule has 2 saturated heterocycles. The van der Waals surface area contributed by atoms with Crippen molar-refractivity contribution in [3.05, 3.63) is 81.2 Å². The van der Waals surface area contributed by atoms with Gasteiger partial charge >= 0.3 is 0 Å². The first-order chi connectivity index (χ1) is 18.8. The van der Waals surface area contributed by atoms with Crippen LogP contribution in [0.1, 0.15) is 77.0 Å². The number of halogens is 2. The Bertz CT molecular complexity index is 1340. The van der Waals surface area contributed by atoms with Crippen molar-refractivity contribution in [2.45, 2.75) is 83.8 Å². The van der Waals surface area contributed by atoms with E-state index in [1.165, 1.54) is 5.41 Å². The van der Waals surface area contributed by atoms with Gasteiger partial charge in [0, 0.05) is 26.8 Å². The van der Waals surface area contributed by atoms with E-state index in [-0.39, 0.29) is 29.7 Å². The third-order valence-corrected chi connectivity index (χ3v) is 9.89. The van der Waals surface area contributed by atoms with Crippen LogP contribution in [-0.2, 0) is 24.1 Å². The fourth-order valence-corrected chi connectivity index (χ4v) is 6.97. The summed E-state index contributed by atoms with van der Waals surface area (Å²) in [5.74, 6) is -0.876. The molecular formula is C31H39Cl2NO5S. The first-order valence-electron chi connectivity index (χ1n) is 13.8. The molecule has 4 rings (SSSR count). The van der Waals surface area contributed by atoms with E-state index in [2.05, 4.69) is 0 Å². The van der Waals surface area contributed by atoms with Gasteiger partial charge in [-0.25, -0.2) is 8.42 Å². The van der Waals surface area contributed by atoms with Crippen molar-refractivity contribution in [3.8, 4) is 0 Å². The zero-order valence-electron chi connectivity index (χ0n) is 23.8. The van der Waals surface area contributed by atoms with Crippen molar-refractivity contribution in [2.24, 2.45) is 5.41 Å². The van der Waals surface area contributed by atoms with Gasteiger partial charge in [0.25, 0.3) is 0 Å². The molecule has 2 aromatic carbocycles. The molecule has 6 nitrogen and oxygen atoms in total. The number of amides is 1. The zero-order valence-corrected chi connectivity index (χ0v) is 26.1. The molecule has 0 aromatic heterocycles. The van der Waals surface area contributed by atoms with Crippen molar-refractivity contribution in [2.75, 3.05) is 12.4 Å². The van der Waals surface area contributed by atoms with E-state index in [1.807, 2.05) is 81.1 Å². The van der Waals surface area contributed by atoms with Crippen LogP contribution in [0.15, 0.2) is 60.0 Å². The third kappa shape index (κ3) is 6.93. The molecule has 0 saturated carbocycles. The summed E-state index contributed by atoms with van der Waals surface area (Å²) in [6.45, 7) is 9.73. The largest absolute Gasteiger partial charge is 0.348 e. The Kier molecular flexibility index (Phi) is 9.42. The van der Waals surface area contributed by atoms with Gasteiger partial charge in [-0.15, -0.1) is 0 Å². The van der Waals surface area contributed by atoms with Crippen LogP contribution in [0.3, 0.4) is 0 Å². The molecule has 0 radical (unpaired) electrons. The molecule has 40 heavy (non-hydrogen) atoms. The number of carbonyl (C=O) groups excluding carboxylic acids is 1. The quantitative estimate of drug-likeness (QED) is 0.298. The lowest BCUT2D eigenvalue weighted by atomic mass is 9.66. The Morgan fingerprint density at radius 1 is 1.05 bits per heavy atom. The molecule has 0 aliphatic carbocycles. The van der Waals surface area contributed by atoms with Gasteiger partial charge in [0.1, 0.15) is 0 Å². The van der Waals surface area contributed by atoms with Crippen molar-refractivity contribution >= 4 is 38.9 Å². The minimum absolute atomic E-state index is 0.00779. The van der Waals surface area contributed by atoms with Crippen LogP contribution in [0.4, 0.5) is 0 Å². The van der Waals surface area contributed by atoms with Gasteiger partial charge in [0.15, 0.2) is 15.6 Å². The number of hydrogen-bond donors (Lipinski definition) is 0. The Hall–Kier alpha value is -1.90. The third-order valence-electron chi connectivity index (χ3n) is 8.02. The van der Waals surface area contributed by atoms with Crippen LogP contribution >= 0.6 is 23.2 Å². The summed E-state index contributed by atoms with van der Waals surface area (Å²) in [7, 11) is -3.39. The van der Waals surface area contributed by atoms with Crippen molar-refractivity contribution in [1.29, 1.82) is 0 Å². The highest BCUT2D eigenvalue weighted by Gasteiger charge is 2.53. The van der Waals surface area contributed by atoms with E-state index in [1.54, 1.807) is 13.0 Å². The zero-order chi connectivity index (χ0) is 29.3. The number of carbonyl (C=O) groups is 1. The Labute approximate surface area is 248 Å². The molecule has 0 bridgehead atoms. The molecular weight excluding hydrogens is 569 g/mol. The second-order valence-electron chi connectivity index (χ2n) is 11.5. The summed E-state index contributed by atoms with van der Waals surface area (Å²) in [4.78, 5) is 16.6. The van der Waals surface area contributed by atoms with Gasteiger partial charge in [-0.2, -0.15) is 0 Å². The number of sulfone groups is 1. The summed E-state index contributed by atoms with van der Waals surface area (Å²) in [6.07, 6.45) is 3.00. The highest BCUT2D eigenvalue weighted by Crippen LogP contribution is 2.53. The van der Waals surface area contributed by atoms with Crippen LogP contribution in [-0.4, -0.2) is 49.5 Å². The molecule has 2 heterocycles. The molecule has 2 aliphatic rings. The first kappa shape index (κ1) is 31.0. The van der Waals surface area contributed by atoms with E-state index in [0.29, 0.717) is 35.9 Å². The fourth-order valence-electron chi connectivity index (χ4n) is 6.03. The van der Waals surface area contributed by atoms with Gasteiger partial charge in [0.05, 0.1) is 30.5 Å². The number of piperidine rings is 1. The number of ether oxygens (including phenoxy) is 2. The van der Waals surface area contributed by atoms with E-state index in [9.17, 15) is 13.2 Å². The maximum Gasteiger partial charge on any atom is 0.229 e. The molecule has 0 spiro atoms. The molecule has 5 unspecified atom stereocenters. The predicted octanol–water partition coefficient (Wildman–Crippen LogP) is 7.33. The van der Waals surface area contributed by atoms with Crippen molar-refractivity contribution in [3.63, 3.8) is 0 Å². The lowest BCUT2D eigenvalue weighted by Crippen LogP contribution is -2.56. The maximum atomic E-state index is 14.7. The van der Waals surface area contributed by atoms with Crippen molar-refractivity contribution in [1.82, 2.24) is 4.90 Å². The monoisotopic (exact) mass is 607 g/mol. The van der Waals surface area contributed by atoms with Crippen LogP contribution in [0.2, 0.25) is 10.0 Å². The molecule has 2 aliphatic heterocycles. The second kappa shape index (κ2) is 12.1. The average Bonchev–Trinajstić information content (AvgIpc) is 3.24. The smallest absolute Gasteiger partial charge is 0.229 e. The molecule has 1 amide bonds. The van der Waals surface area contributed by atoms with Crippen LogP contribution < -0.4 is 0 Å². The maximum absolute atomic E-state index is 14.7. The molecule has 9 heteroatoms.